The lowest BCUT2D eigenvalue weighted by Gasteiger charge is -2.13. The molecule has 2 amide bonds. The third-order valence-corrected chi connectivity index (χ3v) is 2.64. The summed E-state index contributed by atoms with van der Waals surface area (Å²) in [7, 11) is 0. The van der Waals surface area contributed by atoms with Gasteiger partial charge in [0.2, 0.25) is 11.8 Å². The van der Waals surface area contributed by atoms with Crippen LogP contribution in [0.1, 0.15) is 13.8 Å². The summed E-state index contributed by atoms with van der Waals surface area (Å²) in [6.45, 7) is 2.76. The van der Waals surface area contributed by atoms with Crippen molar-refractivity contribution in [1.29, 1.82) is 0 Å². The van der Waals surface area contributed by atoms with Gasteiger partial charge in [0, 0.05) is 24.6 Å². The molecule has 0 unspecified atom stereocenters. The lowest BCUT2D eigenvalue weighted by atomic mass is 10.1. The molecule has 0 aliphatic heterocycles. The molecule has 0 saturated carbocycles. The molecule has 2 rings (SSSR count). The summed E-state index contributed by atoms with van der Waals surface area (Å²) in [6.07, 6.45) is 0. The van der Waals surface area contributed by atoms with E-state index < -0.39 is 0 Å². The molecule has 5 heteroatoms. The van der Waals surface area contributed by atoms with E-state index in [4.69, 9.17) is 0 Å². The molecule has 0 fully saturated rings. The molecule has 3 N–H and O–H groups in total. The predicted molar refractivity (Wildman–Crippen MR) is 74.2 cm³/mol. The maximum absolute atomic E-state index is 11.2. The maximum atomic E-state index is 11.2. The van der Waals surface area contributed by atoms with Gasteiger partial charge in [0.25, 0.3) is 0 Å². The fraction of sp³-hybridized carbons (Fsp3) is 0.143. The van der Waals surface area contributed by atoms with Crippen LogP contribution in [0.15, 0.2) is 30.3 Å². The largest absolute Gasteiger partial charge is 0.505 e. The van der Waals surface area contributed by atoms with Gasteiger partial charge in [0.15, 0.2) is 0 Å². The van der Waals surface area contributed by atoms with Gasteiger partial charge in [-0.1, -0.05) is 24.3 Å². The van der Waals surface area contributed by atoms with E-state index in [1.165, 1.54) is 13.8 Å². The van der Waals surface area contributed by atoms with Gasteiger partial charge in [-0.3, -0.25) is 9.59 Å². The smallest absolute Gasteiger partial charge is 0.221 e. The van der Waals surface area contributed by atoms with Crippen LogP contribution in [0.2, 0.25) is 0 Å². The highest BCUT2D eigenvalue weighted by atomic mass is 16.3. The summed E-state index contributed by atoms with van der Waals surface area (Å²) in [5, 5.41) is 16.6. The van der Waals surface area contributed by atoms with Crippen molar-refractivity contribution >= 4 is 34.0 Å². The Bertz CT molecular complexity index is 665. The van der Waals surface area contributed by atoms with Crippen LogP contribution >= 0.6 is 0 Å². The zero-order valence-corrected chi connectivity index (χ0v) is 10.7. The molecule has 5 nitrogen and oxygen atoms in total. The minimum absolute atomic E-state index is 0.0140. The number of carbonyl (C=O) groups excluding carboxylic acids is 2. The predicted octanol–water partition coefficient (Wildman–Crippen LogP) is 2.46. The Kier molecular flexibility index (Phi) is 3.37. The second-order valence-electron chi connectivity index (χ2n) is 4.23. The molecule has 0 bridgehead atoms. The zero-order valence-electron chi connectivity index (χ0n) is 10.7. The van der Waals surface area contributed by atoms with Crippen LogP contribution < -0.4 is 10.6 Å². The lowest BCUT2D eigenvalue weighted by molar-refractivity contribution is -0.115. The van der Waals surface area contributed by atoms with Crippen molar-refractivity contribution < 1.29 is 14.7 Å². The summed E-state index contributed by atoms with van der Waals surface area (Å²) in [5.41, 5.74) is 0.819. The molecule has 0 radical (unpaired) electrons. The summed E-state index contributed by atoms with van der Waals surface area (Å²) in [4.78, 5) is 22.3. The van der Waals surface area contributed by atoms with Crippen LogP contribution in [0.5, 0.6) is 5.75 Å². The fourth-order valence-corrected chi connectivity index (χ4v) is 1.94. The molecular weight excluding hydrogens is 244 g/mol. The Morgan fingerprint density at radius 1 is 0.947 bits per heavy atom. The van der Waals surface area contributed by atoms with Gasteiger partial charge in [0.05, 0.1) is 11.4 Å². The van der Waals surface area contributed by atoms with Gasteiger partial charge in [-0.05, 0) is 6.07 Å². The number of hydrogen-bond acceptors (Lipinski definition) is 3. The molecule has 0 atom stereocenters. The molecule has 19 heavy (non-hydrogen) atoms. The van der Waals surface area contributed by atoms with E-state index in [2.05, 4.69) is 10.6 Å². The Hall–Kier alpha value is -2.56. The highest BCUT2D eigenvalue weighted by Gasteiger charge is 2.12. The van der Waals surface area contributed by atoms with E-state index in [1.54, 1.807) is 24.3 Å². The number of phenols is 1. The standard InChI is InChI=1S/C14H14N2O3/c1-8(17)15-12-7-13(16-9(2)18)14(19)11-6-4-3-5-10(11)12/h3-7,19H,1-2H3,(H,15,17)(H,16,18). The van der Waals surface area contributed by atoms with Crippen molar-refractivity contribution in [2.45, 2.75) is 13.8 Å². The van der Waals surface area contributed by atoms with Crippen molar-refractivity contribution in [2.24, 2.45) is 0 Å². The number of carbonyl (C=O) groups is 2. The minimum atomic E-state index is -0.292. The number of hydrogen-bond donors (Lipinski definition) is 3. The van der Waals surface area contributed by atoms with E-state index in [9.17, 15) is 14.7 Å². The Balaban J connectivity index is 2.68. The first-order valence-electron chi connectivity index (χ1n) is 5.79. The van der Waals surface area contributed by atoms with E-state index >= 15 is 0 Å². The molecule has 0 saturated heterocycles. The summed E-state index contributed by atoms with van der Waals surface area (Å²) < 4.78 is 0. The van der Waals surface area contributed by atoms with Crippen molar-refractivity contribution in [1.82, 2.24) is 0 Å². The molecule has 0 aromatic heterocycles. The third-order valence-electron chi connectivity index (χ3n) is 2.64. The topological polar surface area (TPSA) is 78.4 Å². The Labute approximate surface area is 110 Å². The Morgan fingerprint density at radius 3 is 2.05 bits per heavy atom. The van der Waals surface area contributed by atoms with Crippen LogP contribution in [0, 0.1) is 0 Å². The van der Waals surface area contributed by atoms with Gasteiger partial charge in [-0.25, -0.2) is 0 Å². The number of fused-ring (bicyclic) bond motifs is 1. The summed E-state index contributed by atoms with van der Waals surface area (Å²) in [6, 6.07) is 8.64. The number of amides is 2. The summed E-state index contributed by atoms with van der Waals surface area (Å²) >= 11 is 0. The van der Waals surface area contributed by atoms with Crippen LogP contribution in [0.4, 0.5) is 11.4 Å². The van der Waals surface area contributed by atoms with Gasteiger partial charge in [-0.15, -0.1) is 0 Å². The molecule has 2 aromatic rings. The average molecular weight is 258 g/mol. The first-order chi connectivity index (χ1) is 8.99. The van der Waals surface area contributed by atoms with Gasteiger partial charge in [0.1, 0.15) is 5.75 Å². The SMILES string of the molecule is CC(=O)Nc1cc(NC(C)=O)c2ccccc2c1O. The molecule has 0 aliphatic rings. The van der Waals surface area contributed by atoms with Gasteiger partial charge >= 0.3 is 0 Å². The van der Waals surface area contributed by atoms with Crippen molar-refractivity contribution in [2.75, 3.05) is 10.6 Å². The molecule has 0 spiro atoms. The first kappa shape index (κ1) is 12.9. The quantitative estimate of drug-likeness (QED) is 0.572. The summed E-state index contributed by atoms with van der Waals surface area (Å²) in [5.74, 6) is -0.524. The minimum Gasteiger partial charge on any atom is -0.505 e. The maximum Gasteiger partial charge on any atom is 0.221 e. The second kappa shape index (κ2) is 4.97. The number of rotatable bonds is 2. The highest BCUT2D eigenvalue weighted by molar-refractivity contribution is 6.08. The average Bonchev–Trinajstić information content (AvgIpc) is 2.34. The van der Waals surface area contributed by atoms with E-state index in [0.29, 0.717) is 16.5 Å². The van der Waals surface area contributed by atoms with Gasteiger partial charge in [-0.2, -0.15) is 0 Å². The van der Waals surface area contributed by atoms with E-state index in [0.717, 1.165) is 0 Å². The first-order valence-corrected chi connectivity index (χ1v) is 5.79. The van der Waals surface area contributed by atoms with Crippen LogP contribution in [0.3, 0.4) is 0 Å². The lowest BCUT2D eigenvalue weighted by Crippen LogP contribution is -2.09. The third kappa shape index (κ3) is 2.65. The second-order valence-corrected chi connectivity index (χ2v) is 4.23. The van der Waals surface area contributed by atoms with Crippen LogP contribution in [-0.4, -0.2) is 16.9 Å². The number of phenolic OH excluding ortho intramolecular Hbond substituents is 1. The monoisotopic (exact) mass is 258 g/mol. The normalized spacial score (nSPS) is 10.2. The van der Waals surface area contributed by atoms with Crippen molar-refractivity contribution in [3.8, 4) is 5.75 Å². The highest BCUT2D eigenvalue weighted by Crippen LogP contribution is 2.37. The van der Waals surface area contributed by atoms with Crippen LogP contribution in [-0.2, 0) is 9.59 Å². The molecule has 98 valence electrons. The van der Waals surface area contributed by atoms with E-state index in [-0.39, 0.29) is 23.3 Å². The van der Waals surface area contributed by atoms with Crippen molar-refractivity contribution in [3.63, 3.8) is 0 Å². The fourth-order valence-electron chi connectivity index (χ4n) is 1.94. The zero-order chi connectivity index (χ0) is 14.0. The van der Waals surface area contributed by atoms with Crippen molar-refractivity contribution in [3.05, 3.63) is 30.3 Å². The number of nitrogens with one attached hydrogen (secondary N) is 2. The molecule has 0 aliphatic carbocycles. The Morgan fingerprint density at radius 2 is 1.47 bits per heavy atom. The number of aromatic hydroxyl groups is 1. The molecule has 0 heterocycles. The van der Waals surface area contributed by atoms with Crippen LogP contribution in [0.25, 0.3) is 10.8 Å². The molecular formula is C14H14N2O3. The molecule has 2 aromatic carbocycles. The number of benzene rings is 2. The van der Waals surface area contributed by atoms with Gasteiger partial charge < -0.3 is 15.7 Å². The van der Waals surface area contributed by atoms with E-state index in [1.807, 2.05) is 6.07 Å². The number of anilines is 2.